The molecule has 1 heterocycles. The van der Waals surface area contributed by atoms with E-state index in [1.54, 1.807) is 0 Å². The molecule has 138 valence electrons. The lowest BCUT2D eigenvalue weighted by Crippen LogP contribution is -2.37. The second kappa shape index (κ2) is 7.03. The van der Waals surface area contributed by atoms with Crippen LogP contribution in [0.15, 0.2) is 59.8 Å². The minimum absolute atomic E-state index is 0.0157. The number of para-hydroxylation sites is 2. The number of aryl methyl sites for hydroxylation is 1. The summed E-state index contributed by atoms with van der Waals surface area (Å²) >= 11 is 0. The van der Waals surface area contributed by atoms with Gasteiger partial charge in [-0.3, -0.25) is 14.5 Å². The molecule has 2 aliphatic rings. The van der Waals surface area contributed by atoms with Crippen molar-refractivity contribution in [3.8, 4) is 0 Å². The van der Waals surface area contributed by atoms with E-state index in [-0.39, 0.29) is 11.7 Å². The normalized spacial score (nSPS) is 19.1. The topological polar surface area (TPSA) is 49.4 Å². The highest BCUT2D eigenvalue weighted by Gasteiger charge is 2.38. The van der Waals surface area contributed by atoms with E-state index in [0.29, 0.717) is 12.8 Å². The van der Waals surface area contributed by atoms with Crippen molar-refractivity contribution >= 4 is 23.1 Å². The molecule has 0 spiro atoms. The standard InChI is InChI=1S/C23H24N2O2/c1-3-21(27)25-19-9-5-4-7-17(19)24-18-8-6-10-20(26)22(18)23(25)16-13-11-15(2)12-14-16/h4-5,7,9,11-14,23-24H,3,6,8,10H2,1-2H3/t23-/m0/s1. The van der Waals surface area contributed by atoms with Crippen molar-refractivity contribution in [2.24, 2.45) is 0 Å². The third kappa shape index (κ3) is 3.05. The molecule has 1 N–H and O–H groups in total. The average Bonchev–Trinajstić information content (AvgIpc) is 2.83. The SMILES string of the molecule is CCC(=O)N1c2ccccc2NC2=C(C(=O)CCC2)[C@@H]1c1ccc(C)cc1. The van der Waals surface area contributed by atoms with Crippen LogP contribution in [-0.2, 0) is 9.59 Å². The zero-order valence-electron chi connectivity index (χ0n) is 15.8. The molecule has 4 rings (SSSR count). The molecule has 0 fully saturated rings. The summed E-state index contributed by atoms with van der Waals surface area (Å²) in [7, 11) is 0. The molecule has 1 atom stereocenters. The van der Waals surface area contributed by atoms with Crippen LogP contribution in [0.2, 0.25) is 0 Å². The highest BCUT2D eigenvalue weighted by Crippen LogP contribution is 2.44. The van der Waals surface area contributed by atoms with Crippen molar-refractivity contribution in [2.75, 3.05) is 10.2 Å². The van der Waals surface area contributed by atoms with Crippen molar-refractivity contribution < 1.29 is 9.59 Å². The largest absolute Gasteiger partial charge is 0.357 e. The van der Waals surface area contributed by atoms with E-state index in [1.807, 2.05) is 67.3 Å². The number of anilines is 2. The van der Waals surface area contributed by atoms with Gasteiger partial charge in [0.05, 0.1) is 17.4 Å². The number of amides is 1. The average molecular weight is 360 g/mol. The molecular formula is C23H24N2O2. The van der Waals surface area contributed by atoms with E-state index in [0.717, 1.165) is 46.6 Å². The van der Waals surface area contributed by atoms with Gasteiger partial charge in [0.2, 0.25) is 5.91 Å². The van der Waals surface area contributed by atoms with Gasteiger partial charge in [-0.2, -0.15) is 0 Å². The molecule has 0 radical (unpaired) electrons. The van der Waals surface area contributed by atoms with Gasteiger partial charge < -0.3 is 5.32 Å². The number of nitrogens with zero attached hydrogens (tertiary/aromatic N) is 1. The number of fused-ring (bicyclic) bond motifs is 1. The number of benzene rings is 2. The summed E-state index contributed by atoms with van der Waals surface area (Å²) in [6.07, 6.45) is 2.59. The number of carbonyl (C=O) groups excluding carboxylic acids is 2. The lowest BCUT2D eigenvalue weighted by Gasteiger charge is -2.33. The Morgan fingerprint density at radius 2 is 1.85 bits per heavy atom. The third-order valence-corrected chi connectivity index (χ3v) is 5.40. The predicted molar refractivity (Wildman–Crippen MR) is 108 cm³/mol. The van der Waals surface area contributed by atoms with Crippen LogP contribution in [0, 0.1) is 6.92 Å². The Bertz CT molecular complexity index is 928. The molecule has 27 heavy (non-hydrogen) atoms. The smallest absolute Gasteiger partial charge is 0.227 e. The van der Waals surface area contributed by atoms with Crippen LogP contribution in [0.3, 0.4) is 0 Å². The molecule has 4 nitrogen and oxygen atoms in total. The van der Waals surface area contributed by atoms with Gasteiger partial charge in [0.1, 0.15) is 0 Å². The molecular weight excluding hydrogens is 336 g/mol. The van der Waals surface area contributed by atoms with Gasteiger partial charge in [0.15, 0.2) is 5.78 Å². The number of Topliss-reactive ketones (excluding diaryl/α,β-unsaturated/α-hetero) is 1. The fraction of sp³-hybridized carbons (Fsp3) is 0.304. The molecule has 4 heteroatoms. The number of ketones is 1. The van der Waals surface area contributed by atoms with E-state index < -0.39 is 6.04 Å². The Morgan fingerprint density at radius 3 is 2.59 bits per heavy atom. The predicted octanol–water partition coefficient (Wildman–Crippen LogP) is 4.91. The monoisotopic (exact) mass is 360 g/mol. The van der Waals surface area contributed by atoms with Crippen molar-refractivity contribution in [3.63, 3.8) is 0 Å². The Balaban J connectivity index is 1.99. The maximum atomic E-state index is 13.1. The first-order valence-electron chi connectivity index (χ1n) is 9.61. The number of hydrogen-bond donors (Lipinski definition) is 1. The molecule has 1 amide bonds. The van der Waals surface area contributed by atoms with Gasteiger partial charge in [-0.25, -0.2) is 0 Å². The lowest BCUT2D eigenvalue weighted by atomic mass is 9.85. The molecule has 0 bridgehead atoms. The van der Waals surface area contributed by atoms with Gasteiger partial charge >= 0.3 is 0 Å². The Kier molecular flexibility index (Phi) is 4.56. The van der Waals surface area contributed by atoms with Crippen LogP contribution in [-0.4, -0.2) is 11.7 Å². The van der Waals surface area contributed by atoms with Gasteiger partial charge in [-0.05, 0) is 37.5 Å². The van der Waals surface area contributed by atoms with Crippen molar-refractivity contribution in [1.29, 1.82) is 0 Å². The Hall–Kier alpha value is -2.88. The lowest BCUT2D eigenvalue weighted by molar-refractivity contribution is -0.118. The summed E-state index contributed by atoms with van der Waals surface area (Å²) in [6, 6.07) is 15.6. The molecule has 0 saturated carbocycles. The fourth-order valence-corrected chi connectivity index (χ4v) is 4.04. The van der Waals surface area contributed by atoms with Crippen LogP contribution in [0.4, 0.5) is 11.4 Å². The van der Waals surface area contributed by atoms with Crippen LogP contribution in [0.25, 0.3) is 0 Å². The maximum Gasteiger partial charge on any atom is 0.227 e. The molecule has 2 aromatic rings. The molecule has 0 unspecified atom stereocenters. The van der Waals surface area contributed by atoms with E-state index in [9.17, 15) is 9.59 Å². The van der Waals surface area contributed by atoms with Crippen LogP contribution in [0.1, 0.15) is 49.8 Å². The Labute approximate surface area is 159 Å². The third-order valence-electron chi connectivity index (χ3n) is 5.40. The molecule has 0 aromatic heterocycles. The van der Waals surface area contributed by atoms with Gasteiger partial charge in [0.25, 0.3) is 0 Å². The zero-order chi connectivity index (χ0) is 19.0. The summed E-state index contributed by atoms with van der Waals surface area (Å²) in [5.41, 5.74) is 5.54. The number of allylic oxidation sites excluding steroid dienone is 1. The highest BCUT2D eigenvalue weighted by atomic mass is 16.2. The molecule has 0 saturated heterocycles. The van der Waals surface area contributed by atoms with E-state index in [1.165, 1.54) is 0 Å². The quantitative estimate of drug-likeness (QED) is 0.828. The van der Waals surface area contributed by atoms with E-state index in [2.05, 4.69) is 5.32 Å². The molecule has 2 aromatic carbocycles. The van der Waals surface area contributed by atoms with Gasteiger partial charge in [-0.1, -0.05) is 48.9 Å². The van der Waals surface area contributed by atoms with Crippen LogP contribution in [0.5, 0.6) is 0 Å². The summed E-state index contributed by atoms with van der Waals surface area (Å²) in [4.78, 5) is 27.9. The highest BCUT2D eigenvalue weighted by molar-refractivity contribution is 6.06. The fourth-order valence-electron chi connectivity index (χ4n) is 4.04. The van der Waals surface area contributed by atoms with Crippen molar-refractivity contribution in [1.82, 2.24) is 0 Å². The molecule has 1 aliphatic heterocycles. The minimum Gasteiger partial charge on any atom is -0.357 e. The zero-order valence-corrected chi connectivity index (χ0v) is 15.8. The number of nitrogens with one attached hydrogen (secondary N) is 1. The number of carbonyl (C=O) groups is 2. The number of rotatable bonds is 2. The first kappa shape index (κ1) is 17.5. The summed E-state index contributed by atoms with van der Waals surface area (Å²) in [5, 5.41) is 3.48. The minimum atomic E-state index is -0.392. The van der Waals surface area contributed by atoms with E-state index in [4.69, 9.17) is 0 Å². The van der Waals surface area contributed by atoms with Crippen molar-refractivity contribution in [2.45, 2.75) is 45.6 Å². The summed E-state index contributed by atoms with van der Waals surface area (Å²) in [5.74, 6) is 0.151. The van der Waals surface area contributed by atoms with Crippen LogP contribution >= 0.6 is 0 Å². The first-order valence-corrected chi connectivity index (χ1v) is 9.61. The summed E-state index contributed by atoms with van der Waals surface area (Å²) in [6.45, 7) is 3.91. The Morgan fingerprint density at radius 1 is 1.11 bits per heavy atom. The second-order valence-corrected chi connectivity index (χ2v) is 7.24. The van der Waals surface area contributed by atoms with Gasteiger partial charge in [-0.15, -0.1) is 0 Å². The maximum absolute atomic E-state index is 13.1. The second-order valence-electron chi connectivity index (χ2n) is 7.24. The number of hydrogen-bond acceptors (Lipinski definition) is 3. The first-order chi connectivity index (χ1) is 13.1. The van der Waals surface area contributed by atoms with Crippen LogP contribution < -0.4 is 10.2 Å². The molecule has 1 aliphatic carbocycles. The van der Waals surface area contributed by atoms with E-state index >= 15 is 0 Å². The van der Waals surface area contributed by atoms with Crippen molar-refractivity contribution in [3.05, 3.63) is 70.9 Å². The van der Waals surface area contributed by atoms with Gasteiger partial charge in [0, 0.05) is 24.1 Å². The summed E-state index contributed by atoms with van der Waals surface area (Å²) < 4.78 is 0.